The Bertz CT molecular complexity index is 512. The summed E-state index contributed by atoms with van der Waals surface area (Å²) >= 11 is 0. The van der Waals surface area contributed by atoms with Crippen LogP contribution in [0.5, 0.6) is 0 Å². The minimum Gasteiger partial charge on any atom is -0.447 e. The van der Waals surface area contributed by atoms with Gasteiger partial charge in [-0.15, -0.1) is 6.42 Å². The van der Waals surface area contributed by atoms with Crippen LogP contribution in [0.4, 0.5) is 0 Å². The van der Waals surface area contributed by atoms with Crippen LogP contribution in [0.15, 0.2) is 21.6 Å². The van der Waals surface area contributed by atoms with Crippen molar-refractivity contribution in [2.75, 3.05) is 13.1 Å². The molecule has 2 N–H and O–H groups in total. The zero-order valence-corrected chi connectivity index (χ0v) is 11.4. The maximum atomic E-state index is 11.7. The van der Waals surface area contributed by atoms with E-state index in [1.807, 2.05) is 0 Å². The average Bonchev–Trinajstić information content (AvgIpc) is 2.75. The lowest BCUT2D eigenvalue weighted by Crippen LogP contribution is -2.23. The molecule has 0 amide bonds. The van der Waals surface area contributed by atoms with Crippen molar-refractivity contribution in [3.63, 3.8) is 0 Å². The molecule has 6 heteroatoms. The van der Waals surface area contributed by atoms with E-state index >= 15 is 0 Å². The van der Waals surface area contributed by atoms with Crippen LogP contribution >= 0.6 is 0 Å². The van der Waals surface area contributed by atoms with Crippen molar-refractivity contribution < 1.29 is 12.8 Å². The Hall–Kier alpha value is -1.29. The highest BCUT2D eigenvalue weighted by Crippen LogP contribution is 2.13. The van der Waals surface area contributed by atoms with Crippen molar-refractivity contribution in [3.8, 4) is 12.3 Å². The topological polar surface area (TPSA) is 71.3 Å². The summed E-state index contributed by atoms with van der Waals surface area (Å²) in [6, 6.07) is 3.06. The molecule has 0 aliphatic carbocycles. The summed E-state index contributed by atoms with van der Waals surface area (Å²) in [5, 5.41) is 3.06. The molecule has 0 unspecified atom stereocenters. The molecule has 100 valence electrons. The van der Waals surface area contributed by atoms with Crippen molar-refractivity contribution in [1.82, 2.24) is 10.0 Å². The minimum atomic E-state index is -3.63. The molecular formula is C12H18N2O3S. The number of nitrogens with one attached hydrogen (secondary N) is 2. The summed E-state index contributed by atoms with van der Waals surface area (Å²) < 4.78 is 30.8. The first-order chi connectivity index (χ1) is 8.45. The van der Waals surface area contributed by atoms with Crippen molar-refractivity contribution in [1.29, 1.82) is 0 Å². The number of hydrogen-bond acceptors (Lipinski definition) is 4. The summed E-state index contributed by atoms with van der Waals surface area (Å²) in [5.74, 6) is 3.31. The van der Waals surface area contributed by atoms with Crippen LogP contribution in [0, 0.1) is 18.3 Å². The van der Waals surface area contributed by atoms with E-state index < -0.39 is 10.0 Å². The van der Waals surface area contributed by atoms with E-state index in [1.54, 1.807) is 6.07 Å². The first-order valence-corrected chi connectivity index (χ1v) is 7.16. The van der Waals surface area contributed by atoms with Crippen LogP contribution in [-0.2, 0) is 16.6 Å². The van der Waals surface area contributed by atoms with Gasteiger partial charge in [0.2, 0.25) is 5.09 Å². The third-order valence-electron chi connectivity index (χ3n) is 2.12. The van der Waals surface area contributed by atoms with Gasteiger partial charge in [0, 0.05) is 0 Å². The van der Waals surface area contributed by atoms with Gasteiger partial charge in [-0.05, 0) is 24.6 Å². The van der Waals surface area contributed by atoms with E-state index in [-0.39, 0.29) is 11.6 Å². The van der Waals surface area contributed by atoms with E-state index in [0.29, 0.717) is 18.2 Å². The van der Waals surface area contributed by atoms with Crippen molar-refractivity contribution in [2.24, 2.45) is 5.92 Å². The number of rotatable bonds is 7. The molecule has 0 atom stereocenters. The fourth-order valence-electron chi connectivity index (χ4n) is 1.29. The first kappa shape index (κ1) is 14.8. The van der Waals surface area contributed by atoms with Crippen molar-refractivity contribution in [2.45, 2.75) is 25.5 Å². The zero-order chi connectivity index (χ0) is 13.6. The Morgan fingerprint density at radius 1 is 1.44 bits per heavy atom. The lowest BCUT2D eigenvalue weighted by Gasteiger charge is -2.05. The average molecular weight is 270 g/mol. The molecule has 1 aromatic heterocycles. The van der Waals surface area contributed by atoms with Gasteiger partial charge in [-0.3, -0.25) is 0 Å². The number of terminal acetylenes is 1. The Kier molecular flexibility index (Phi) is 5.41. The zero-order valence-electron chi connectivity index (χ0n) is 10.6. The molecule has 0 aliphatic rings. The third-order valence-corrected chi connectivity index (χ3v) is 3.39. The second-order valence-corrected chi connectivity index (χ2v) is 5.97. The van der Waals surface area contributed by atoms with Crippen LogP contribution in [0.2, 0.25) is 0 Å². The van der Waals surface area contributed by atoms with E-state index in [0.717, 1.165) is 6.54 Å². The fourth-order valence-corrected chi connectivity index (χ4v) is 2.17. The van der Waals surface area contributed by atoms with Crippen LogP contribution in [0.1, 0.15) is 19.6 Å². The molecule has 1 aromatic rings. The highest BCUT2D eigenvalue weighted by molar-refractivity contribution is 7.89. The first-order valence-electron chi connectivity index (χ1n) is 5.68. The maximum Gasteiger partial charge on any atom is 0.274 e. The number of hydrogen-bond donors (Lipinski definition) is 2. The highest BCUT2D eigenvalue weighted by Gasteiger charge is 2.17. The summed E-state index contributed by atoms with van der Waals surface area (Å²) in [5.41, 5.74) is 0. The largest absolute Gasteiger partial charge is 0.447 e. The Labute approximate surface area is 108 Å². The van der Waals surface area contributed by atoms with E-state index in [4.69, 9.17) is 10.8 Å². The highest BCUT2D eigenvalue weighted by atomic mass is 32.2. The van der Waals surface area contributed by atoms with Gasteiger partial charge in [-0.25, -0.2) is 8.42 Å². The van der Waals surface area contributed by atoms with Gasteiger partial charge in [-0.1, -0.05) is 19.8 Å². The smallest absolute Gasteiger partial charge is 0.274 e. The molecule has 1 rings (SSSR count). The Balaban J connectivity index is 2.60. The summed E-state index contributed by atoms with van der Waals surface area (Å²) in [4.78, 5) is 0. The van der Waals surface area contributed by atoms with Gasteiger partial charge < -0.3 is 9.73 Å². The second-order valence-electron chi connectivity index (χ2n) is 4.27. The van der Waals surface area contributed by atoms with Crippen LogP contribution in [0.3, 0.4) is 0 Å². The lowest BCUT2D eigenvalue weighted by molar-refractivity contribution is 0.395. The van der Waals surface area contributed by atoms with E-state index in [9.17, 15) is 8.42 Å². The quantitative estimate of drug-likeness (QED) is 0.723. The van der Waals surface area contributed by atoms with Gasteiger partial charge in [0.25, 0.3) is 10.0 Å². The summed E-state index contributed by atoms with van der Waals surface area (Å²) in [6.45, 7) is 5.48. The molecule has 0 saturated heterocycles. The summed E-state index contributed by atoms with van der Waals surface area (Å²) in [6.07, 6.45) is 5.00. The summed E-state index contributed by atoms with van der Waals surface area (Å²) in [7, 11) is -3.63. The lowest BCUT2D eigenvalue weighted by atomic mass is 10.2. The standard InChI is InChI=1S/C12H18N2O3S/c1-4-7-14-18(15,16)12-6-5-11(17-12)9-13-8-10(2)3/h1,5-6,10,13-14H,7-9H2,2-3H3. The molecule has 0 radical (unpaired) electrons. The molecule has 0 saturated carbocycles. The molecule has 5 nitrogen and oxygen atoms in total. The van der Waals surface area contributed by atoms with Gasteiger partial charge in [0.15, 0.2) is 0 Å². The molecule has 0 aromatic carbocycles. The van der Waals surface area contributed by atoms with E-state index in [2.05, 4.69) is 29.8 Å². The van der Waals surface area contributed by atoms with Crippen LogP contribution in [0.25, 0.3) is 0 Å². The number of furan rings is 1. The van der Waals surface area contributed by atoms with Crippen LogP contribution < -0.4 is 10.0 Å². The fraction of sp³-hybridized carbons (Fsp3) is 0.500. The van der Waals surface area contributed by atoms with Gasteiger partial charge >= 0.3 is 0 Å². The normalized spacial score (nSPS) is 11.7. The predicted octanol–water partition coefficient (Wildman–Crippen LogP) is 0.937. The minimum absolute atomic E-state index is 0.0516. The molecular weight excluding hydrogens is 252 g/mol. The molecule has 0 fully saturated rings. The Morgan fingerprint density at radius 2 is 2.17 bits per heavy atom. The number of sulfonamides is 1. The molecule has 0 aliphatic heterocycles. The maximum absolute atomic E-state index is 11.7. The molecule has 1 heterocycles. The van der Waals surface area contributed by atoms with Gasteiger partial charge in [-0.2, -0.15) is 4.72 Å². The third kappa shape index (κ3) is 4.53. The molecule has 0 bridgehead atoms. The SMILES string of the molecule is C#CCNS(=O)(=O)c1ccc(CNCC(C)C)o1. The predicted molar refractivity (Wildman–Crippen MR) is 69.3 cm³/mol. The molecule has 0 spiro atoms. The van der Waals surface area contributed by atoms with Crippen LogP contribution in [-0.4, -0.2) is 21.5 Å². The monoisotopic (exact) mass is 270 g/mol. The van der Waals surface area contributed by atoms with Gasteiger partial charge in [0.1, 0.15) is 5.76 Å². The molecule has 18 heavy (non-hydrogen) atoms. The Morgan fingerprint density at radius 3 is 2.78 bits per heavy atom. The second kappa shape index (κ2) is 6.59. The van der Waals surface area contributed by atoms with Gasteiger partial charge in [0.05, 0.1) is 13.1 Å². The van der Waals surface area contributed by atoms with Crippen molar-refractivity contribution >= 4 is 10.0 Å². The van der Waals surface area contributed by atoms with E-state index in [1.165, 1.54) is 6.07 Å². The van der Waals surface area contributed by atoms with Crippen molar-refractivity contribution in [3.05, 3.63) is 17.9 Å².